The molecule has 0 unspecified atom stereocenters. The summed E-state index contributed by atoms with van der Waals surface area (Å²) < 4.78 is 0. The number of anilines is 2. The van der Waals surface area contributed by atoms with Gasteiger partial charge in [-0.3, -0.25) is 0 Å². The van der Waals surface area contributed by atoms with Crippen molar-refractivity contribution in [3.63, 3.8) is 0 Å². The Labute approximate surface area is 152 Å². The van der Waals surface area contributed by atoms with Gasteiger partial charge in [0.05, 0.1) is 17.7 Å². The van der Waals surface area contributed by atoms with Crippen molar-refractivity contribution < 1.29 is 10.2 Å². The molecule has 0 aliphatic carbocycles. The van der Waals surface area contributed by atoms with Gasteiger partial charge >= 0.3 is 0 Å². The second-order valence-electron chi connectivity index (χ2n) is 6.99. The second kappa shape index (κ2) is 6.94. The van der Waals surface area contributed by atoms with E-state index >= 15 is 0 Å². The molecule has 6 nitrogen and oxygen atoms in total. The number of aromatic nitrogens is 2. The SMILES string of the molecule is O[C@@H]1CCCN(c2nc(N3CCC[C@H](O)C3)c3cc(Cl)ccc3n2)C1. The molecule has 7 heteroatoms. The molecule has 2 atom stereocenters. The first-order valence-electron chi connectivity index (χ1n) is 8.93. The molecule has 3 heterocycles. The Morgan fingerprint density at radius 3 is 2.36 bits per heavy atom. The maximum atomic E-state index is 10.1. The predicted molar refractivity (Wildman–Crippen MR) is 99.5 cm³/mol. The average molecular weight is 363 g/mol. The number of nitrogens with zero attached hydrogens (tertiary/aromatic N) is 4. The van der Waals surface area contributed by atoms with Gasteiger partial charge in [-0.15, -0.1) is 0 Å². The Kier molecular flexibility index (Phi) is 4.67. The first kappa shape index (κ1) is 16.8. The largest absolute Gasteiger partial charge is 0.391 e. The molecule has 0 bridgehead atoms. The van der Waals surface area contributed by atoms with Crippen LogP contribution in [-0.2, 0) is 0 Å². The average Bonchev–Trinajstić information content (AvgIpc) is 2.61. The van der Waals surface area contributed by atoms with Gasteiger partial charge in [-0.2, -0.15) is 4.98 Å². The number of aliphatic hydroxyl groups is 2. The van der Waals surface area contributed by atoms with E-state index in [1.54, 1.807) is 0 Å². The monoisotopic (exact) mass is 362 g/mol. The van der Waals surface area contributed by atoms with Gasteiger partial charge in [-0.1, -0.05) is 11.6 Å². The molecule has 0 radical (unpaired) electrons. The molecule has 0 amide bonds. The summed E-state index contributed by atoms with van der Waals surface area (Å²) in [4.78, 5) is 13.7. The fourth-order valence-corrected chi connectivity index (χ4v) is 3.91. The lowest BCUT2D eigenvalue weighted by Crippen LogP contribution is -2.41. The molecule has 2 fully saturated rings. The van der Waals surface area contributed by atoms with Crippen LogP contribution in [-0.4, -0.2) is 58.6 Å². The maximum Gasteiger partial charge on any atom is 0.227 e. The van der Waals surface area contributed by atoms with Crippen molar-refractivity contribution in [3.05, 3.63) is 23.2 Å². The van der Waals surface area contributed by atoms with E-state index in [1.807, 2.05) is 23.1 Å². The molecule has 2 saturated heterocycles. The van der Waals surface area contributed by atoms with Crippen molar-refractivity contribution in [2.75, 3.05) is 36.0 Å². The Morgan fingerprint density at radius 2 is 1.64 bits per heavy atom. The summed E-state index contributed by atoms with van der Waals surface area (Å²) in [7, 11) is 0. The fourth-order valence-electron chi connectivity index (χ4n) is 3.74. The molecule has 2 aromatic rings. The fraction of sp³-hybridized carbons (Fsp3) is 0.556. The molecule has 134 valence electrons. The zero-order valence-electron chi connectivity index (χ0n) is 14.1. The van der Waals surface area contributed by atoms with E-state index in [2.05, 4.69) is 4.90 Å². The molecule has 25 heavy (non-hydrogen) atoms. The molecule has 1 aromatic carbocycles. The molecule has 1 aromatic heterocycles. The summed E-state index contributed by atoms with van der Waals surface area (Å²) in [6.45, 7) is 2.83. The topological polar surface area (TPSA) is 72.7 Å². The standard InChI is InChI=1S/C18H23ClN4O2/c19-12-5-6-16-15(9-12)17(22-7-1-3-13(24)10-22)21-18(20-16)23-8-2-4-14(25)11-23/h5-6,9,13-14,24-25H,1-4,7-8,10-11H2/t13-,14+/m0/s1. The van der Waals surface area contributed by atoms with Crippen LogP contribution in [0.25, 0.3) is 10.9 Å². The van der Waals surface area contributed by atoms with Crippen LogP contribution >= 0.6 is 11.6 Å². The van der Waals surface area contributed by atoms with E-state index < -0.39 is 0 Å². The molecular weight excluding hydrogens is 340 g/mol. The number of rotatable bonds is 2. The van der Waals surface area contributed by atoms with Crippen molar-refractivity contribution >= 4 is 34.3 Å². The van der Waals surface area contributed by atoms with Gasteiger partial charge in [0.1, 0.15) is 5.82 Å². The quantitative estimate of drug-likeness (QED) is 0.853. The lowest BCUT2D eigenvalue weighted by molar-refractivity contribution is 0.153. The number of halogens is 1. The van der Waals surface area contributed by atoms with E-state index in [-0.39, 0.29) is 12.2 Å². The van der Waals surface area contributed by atoms with Crippen LogP contribution in [0.3, 0.4) is 0 Å². The molecule has 4 rings (SSSR count). The summed E-state index contributed by atoms with van der Waals surface area (Å²) in [5.74, 6) is 1.46. The van der Waals surface area contributed by atoms with Gasteiger partial charge in [-0.05, 0) is 43.9 Å². The summed E-state index contributed by atoms with van der Waals surface area (Å²) in [6, 6.07) is 5.63. The van der Waals surface area contributed by atoms with Crippen molar-refractivity contribution in [1.29, 1.82) is 0 Å². The van der Waals surface area contributed by atoms with E-state index in [0.717, 1.165) is 55.5 Å². The Balaban J connectivity index is 1.79. The zero-order valence-corrected chi connectivity index (χ0v) is 14.9. The molecular formula is C18H23ClN4O2. The third-order valence-corrected chi connectivity index (χ3v) is 5.24. The third-order valence-electron chi connectivity index (χ3n) is 5.00. The number of benzene rings is 1. The molecule has 2 N–H and O–H groups in total. The highest BCUT2D eigenvalue weighted by Crippen LogP contribution is 2.31. The Bertz CT molecular complexity index is 772. The Hall–Kier alpha value is -1.63. The van der Waals surface area contributed by atoms with Crippen LogP contribution in [0.15, 0.2) is 18.2 Å². The van der Waals surface area contributed by atoms with E-state index in [0.29, 0.717) is 24.1 Å². The minimum Gasteiger partial charge on any atom is -0.391 e. The van der Waals surface area contributed by atoms with Crippen molar-refractivity contribution in [3.8, 4) is 0 Å². The molecule has 0 saturated carbocycles. The van der Waals surface area contributed by atoms with Gasteiger partial charge in [0, 0.05) is 36.6 Å². The van der Waals surface area contributed by atoms with E-state index in [1.165, 1.54) is 0 Å². The normalized spacial score (nSPS) is 24.8. The molecule has 2 aliphatic rings. The number of β-amino-alcohol motifs (C(OH)–C–C–N with tert-alkyl or cyclic N) is 2. The summed E-state index contributed by atoms with van der Waals surface area (Å²) in [5, 5.41) is 21.6. The van der Waals surface area contributed by atoms with Crippen LogP contribution in [0.5, 0.6) is 0 Å². The van der Waals surface area contributed by atoms with Gasteiger partial charge in [-0.25, -0.2) is 4.98 Å². The highest BCUT2D eigenvalue weighted by atomic mass is 35.5. The lowest BCUT2D eigenvalue weighted by atomic mass is 10.1. The first-order chi connectivity index (χ1) is 12.1. The summed E-state index contributed by atoms with van der Waals surface area (Å²) in [5.41, 5.74) is 0.838. The van der Waals surface area contributed by atoms with Gasteiger partial charge < -0.3 is 20.0 Å². The zero-order chi connectivity index (χ0) is 17.4. The van der Waals surface area contributed by atoms with Gasteiger partial charge in [0.15, 0.2) is 0 Å². The summed E-state index contributed by atoms with van der Waals surface area (Å²) >= 11 is 6.20. The number of fused-ring (bicyclic) bond motifs is 1. The predicted octanol–water partition coefficient (Wildman–Crippen LogP) is 2.21. The number of hydrogen-bond donors (Lipinski definition) is 2. The summed E-state index contributed by atoms with van der Waals surface area (Å²) in [6.07, 6.45) is 2.85. The van der Waals surface area contributed by atoms with Crippen molar-refractivity contribution in [2.45, 2.75) is 37.9 Å². The van der Waals surface area contributed by atoms with Crippen LogP contribution in [0.2, 0.25) is 5.02 Å². The number of aliphatic hydroxyl groups excluding tert-OH is 2. The molecule has 0 spiro atoms. The van der Waals surface area contributed by atoms with Crippen LogP contribution in [0, 0.1) is 0 Å². The molecule has 2 aliphatic heterocycles. The van der Waals surface area contributed by atoms with Gasteiger partial charge in [0.2, 0.25) is 5.95 Å². The van der Waals surface area contributed by atoms with Crippen molar-refractivity contribution in [2.24, 2.45) is 0 Å². The van der Waals surface area contributed by atoms with Crippen molar-refractivity contribution in [1.82, 2.24) is 9.97 Å². The smallest absolute Gasteiger partial charge is 0.227 e. The number of piperidine rings is 2. The third kappa shape index (κ3) is 3.52. The minimum atomic E-state index is -0.335. The van der Waals surface area contributed by atoms with Crippen LogP contribution in [0.4, 0.5) is 11.8 Å². The number of hydrogen-bond acceptors (Lipinski definition) is 6. The second-order valence-corrected chi connectivity index (χ2v) is 7.43. The van der Waals surface area contributed by atoms with Gasteiger partial charge in [0.25, 0.3) is 0 Å². The van der Waals surface area contributed by atoms with Crippen LogP contribution in [0.1, 0.15) is 25.7 Å². The van der Waals surface area contributed by atoms with E-state index in [4.69, 9.17) is 21.6 Å². The van der Waals surface area contributed by atoms with Crippen LogP contribution < -0.4 is 9.80 Å². The van der Waals surface area contributed by atoms with E-state index in [9.17, 15) is 10.2 Å². The highest BCUT2D eigenvalue weighted by Gasteiger charge is 2.25. The maximum absolute atomic E-state index is 10.1. The minimum absolute atomic E-state index is 0.335. The lowest BCUT2D eigenvalue weighted by Gasteiger charge is -2.34. The Morgan fingerprint density at radius 1 is 0.960 bits per heavy atom. The first-order valence-corrected chi connectivity index (χ1v) is 9.31. The highest BCUT2D eigenvalue weighted by molar-refractivity contribution is 6.31.